The van der Waals surface area contributed by atoms with Gasteiger partial charge in [-0.25, -0.2) is 0 Å². The number of halogens is 1. The molecule has 0 aromatic heterocycles. The molecule has 2 N–H and O–H groups in total. The first-order valence-electron chi connectivity index (χ1n) is 5.02. The van der Waals surface area contributed by atoms with Crippen molar-refractivity contribution in [2.24, 2.45) is 5.73 Å². The number of ketones is 2. The van der Waals surface area contributed by atoms with Gasteiger partial charge in [0.15, 0.2) is 0 Å². The highest BCUT2D eigenvalue weighted by atomic mass is 35.5. The third kappa shape index (κ3) is 1.55. The number of fused-ring (bicyclic) bond motifs is 1. The van der Waals surface area contributed by atoms with Crippen LogP contribution in [0, 0.1) is 0 Å². The molecule has 0 fully saturated rings. The first kappa shape index (κ1) is 12.4. The van der Waals surface area contributed by atoms with Crippen LogP contribution >= 0.6 is 11.6 Å². The van der Waals surface area contributed by atoms with Gasteiger partial charge in [0.05, 0.1) is 25.3 Å². The molecular formula is C12H10ClNO4. The number of hydrogen-bond acceptors (Lipinski definition) is 5. The molecule has 0 unspecified atom stereocenters. The zero-order chi connectivity index (χ0) is 13.4. The lowest BCUT2D eigenvalue weighted by atomic mass is 9.91. The Kier molecular flexibility index (Phi) is 3.00. The Labute approximate surface area is 108 Å². The van der Waals surface area contributed by atoms with Crippen molar-refractivity contribution in [3.05, 3.63) is 34.0 Å². The van der Waals surface area contributed by atoms with Gasteiger partial charge < -0.3 is 15.2 Å². The molecule has 18 heavy (non-hydrogen) atoms. The zero-order valence-electron chi connectivity index (χ0n) is 9.74. The quantitative estimate of drug-likeness (QED) is 0.878. The molecule has 1 aliphatic rings. The van der Waals surface area contributed by atoms with E-state index in [0.29, 0.717) is 0 Å². The van der Waals surface area contributed by atoms with Crippen molar-refractivity contribution in [1.29, 1.82) is 0 Å². The van der Waals surface area contributed by atoms with E-state index in [4.69, 9.17) is 26.8 Å². The number of ether oxygens (including phenoxy) is 2. The summed E-state index contributed by atoms with van der Waals surface area (Å²) in [6.07, 6.45) is 0. The topological polar surface area (TPSA) is 78.6 Å². The van der Waals surface area contributed by atoms with Crippen molar-refractivity contribution in [3.63, 3.8) is 0 Å². The standard InChI is InChI=1S/C12H10ClNO4/c1-17-5-3-4-6(18-2)8-7(5)11(15)9(13)10(14)12(8)16/h3-4H,14H2,1-2H3. The van der Waals surface area contributed by atoms with Crippen LogP contribution in [0.3, 0.4) is 0 Å². The molecule has 5 nitrogen and oxygen atoms in total. The first-order valence-corrected chi connectivity index (χ1v) is 5.40. The summed E-state index contributed by atoms with van der Waals surface area (Å²) in [6.45, 7) is 0. The van der Waals surface area contributed by atoms with Crippen LogP contribution in [0.5, 0.6) is 11.5 Å². The third-order valence-electron chi connectivity index (χ3n) is 2.70. The Morgan fingerprint density at radius 2 is 1.44 bits per heavy atom. The fraction of sp³-hybridized carbons (Fsp3) is 0.167. The Hall–Kier alpha value is -2.01. The highest BCUT2D eigenvalue weighted by Crippen LogP contribution is 2.37. The summed E-state index contributed by atoms with van der Waals surface area (Å²) in [4.78, 5) is 24.1. The second kappa shape index (κ2) is 4.34. The summed E-state index contributed by atoms with van der Waals surface area (Å²) >= 11 is 5.75. The summed E-state index contributed by atoms with van der Waals surface area (Å²) < 4.78 is 10.1. The van der Waals surface area contributed by atoms with E-state index in [2.05, 4.69) is 0 Å². The van der Waals surface area contributed by atoms with Gasteiger partial charge in [0.1, 0.15) is 22.2 Å². The van der Waals surface area contributed by atoms with Gasteiger partial charge in [-0.2, -0.15) is 0 Å². The van der Waals surface area contributed by atoms with E-state index in [1.165, 1.54) is 26.4 Å². The van der Waals surface area contributed by atoms with Crippen LogP contribution in [0.25, 0.3) is 0 Å². The van der Waals surface area contributed by atoms with Crippen LogP contribution in [-0.4, -0.2) is 25.8 Å². The van der Waals surface area contributed by atoms with Gasteiger partial charge in [-0.05, 0) is 12.1 Å². The van der Waals surface area contributed by atoms with Gasteiger partial charge in [-0.3, -0.25) is 9.59 Å². The molecule has 0 bridgehead atoms. The van der Waals surface area contributed by atoms with Gasteiger partial charge in [0.2, 0.25) is 11.6 Å². The molecule has 1 aliphatic carbocycles. The van der Waals surface area contributed by atoms with Gasteiger partial charge in [-0.15, -0.1) is 0 Å². The summed E-state index contributed by atoms with van der Waals surface area (Å²) in [5, 5.41) is -0.293. The van der Waals surface area contributed by atoms with Crippen molar-refractivity contribution in [2.45, 2.75) is 0 Å². The number of rotatable bonds is 2. The second-order valence-corrected chi connectivity index (χ2v) is 3.98. The molecule has 0 spiro atoms. The maximum Gasteiger partial charge on any atom is 0.214 e. The number of allylic oxidation sites excluding steroid dienone is 2. The number of carbonyl (C=O) groups excluding carboxylic acids is 2. The zero-order valence-corrected chi connectivity index (χ0v) is 10.5. The predicted molar refractivity (Wildman–Crippen MR) is 65.3 cm³/mol. The largest absolute Gasteiger partial charge is 0.496 e. The fourth-order valence-corrected chi connectivity index (χ4v) is 2.00. The second-order valence-electron chi connectivity index (χ2n) is 3.61. The predicted octanol–water partition coefficient (Wildman–Crippen LogP) is 1.49. The lowest BCUT2D eigenvalue weighted by Gasteiger charge is -2.19. The minimum atomic E-state index is -0.542. The van der Waals surface area contributed by atoms with E-state index in [9.17, 15) is 9.59 Å². The van der Waals surface area contributed by atoms with Crippen LogP contribution in [0.1, 0.15) is 20.7 Å². The maximum atomic E-state index is 12.1. The van der Waals surface area contributed by atoms with Crippen molar-refractivity contribution in [1.82, 2.24) is 0 Å². The smallest absolute Gasteiger partial charge is 0.214 e. The molecule has 0 radical (unpaired) electrons. The monoisotopic (exact) mass is 267 g/mol. The molecule has 2 rings (SSSR count). The molecule has 0 saturated carbocycles. The van der Waals surface area contributed by atoms with Gasteiger partial charge >= 0.3 is 0 Å². The van der Waals surface area contributed by atoms with E-state index in [1.807, 2.05) is 0 Å². The van der Waals surface area contributed by atoms with E-state index in [1.54, 1.807) is 0 Å². The average Bonchev–Trinajstić information content (AvgIpc) is 2.40. The molecular weight excluding hydrogens is 258 g/mol. The summed E-state index contributed by atoms with van der Waals surface area (Å²) in [5.41, 5.74) is 5.42. The van der Waals surface area contributed by atoms with E-state index in [0.717, 1.165) is 0 Å². The highest BCUT2D eigenvalue weighted by molar-refractivity contribution is 6.50. The minimum absolute atomic E-state index is 0.0843. The van der Waals surface area contributed by atoms with Gasteiger partial charge in [-0.1, -0.05) is 11.6 Å². The Balaban J connectivity index is 2.83. The fourth-order valence-electron chi connectivity index (χ4n) is 1.82. The van der Waals surface area contributed by atoms with Gasteiger partial charge in [0, 0.05) is 0 Å². The number of Topliss-reactive ketones (excluding diaryl/α,β-unsaturated/α-hetero) is 2. The summed E-state index contributed by atoms with van der Waals surface area (Å²) in [7, 11) is 2.80. The maximum absolute atomic E-state index is 12.1. The number of nitrogens with two attached hydrogens (primary N) is 1. The molecule has 6 heteroatoms. The average molecular weight is 268 g/mol. The minimum Gasteiger partial charge on any atom is -0.496 e. The first-order chi connectivity index (χ1) is 8.52. The molecule has 0 amide bonds. The third-order valence-corrected chi connectivity index (χ3v) is 3.08. The molecule has 94 valence electrons. The van der Waals surface area contributed by atoms with Crippen molar-refractivity contribution in [2.75, 3.05) is 14.2 Å². The molecule has 1 aromatic rings. The van der Waals surface area contributed by atoms with Crippen molar-refractivity contribution in [3.8, 4) is 11.5 Å². The van der Waals surface area contributed by atoms with Crippen LogP contribution in [0.4, 0.5) is 0 Å². The Morgan fingerprint density at radius 3 is 1.89 bits per heavy atom. The molecule has 0 heterocycles. The van der Waals surface area contributed by atoms with E-state index in [-0.39, 0.29) is 33.4 Å². The SMILES string of the molecule is COc1ccc(OC)c2c1C(=O)C(N)=C(Cl)C2=O. The van der Waals surface area contributed by atoms with Crippen molar-refractivity contribution >= 4 is 23.2 Å². The van der Waals surface area contributed by atoms with E-state index < -0.39 is 11.6 Å². The lowest BCUT2D eigenvalue weighted by molar-refractivity contribution is 0.0974. The van der Waals surface area contributed by atoms with Crippen LogP contribution < -0.4 is 15.2 Å². The highest BCUT2D eigenvalue weighted by Gasteiger charge is 2.35. The normalized spacial score (nSPS) is 14.6. The van der Waals surface area contributed by atoms with E-state index >= 15 is 0 Å². The van der Waals surface area contributed by atoms with Crippen LogP contribution in [0.2, 0.25) is 0 Å². The Morgan fingerprint density at radius 1 is 1.00 bits per heavy atom. The number of carbonyl (C=O) groups is 2. The molecule has 0 aliphatic heterocycles. The number of methoxy groups -OCH3 is 2. The number of benzene rings is 1. The summed E-state index contributed by atoms with van der Waals surface area (Å²) in [6, 6.07) is 3.07. The van der Waals surface area contributed by atoms with Crippen molar-refractivity contribution < 1.29 is 19.1 Å². The summed E-state index contributed by atoms with van der Waals surface area (Å²) in [5.74, 6) is -0.559. The molecule has 1 aromatic carbocycles. The Bertz CT molecular complexity index is 541. The van der Waals surface area contributed by atoms with Crippen LogP contribution in [0.15, 0.2) is 22.9 Å². The molecule has 0 saturated heterocycles. The lowest BCUT2D eigenvalue weighted by Crippen LogP contribution is -2.25. The molecule has 0 atom stereocenters. The number of hydrogen-bond donors (Lipinski definition) is 1. The van der Waals surface area contributed by atoms with Crippen LogP contribution in [-0.2, 0) is 0 Å². The van der Waals surface area contributed by atoms with Gasteiger partial charge in [0.25, 0.3) is 0 Å².